The third-order valence-corrected chi connectivity index (χ3v) is 9.66. The Morgan fingerprint density at radius 1 is 0.574 bits per heavy atom. The lowest BCUT2D eigenvalue weighted by atomic mass is 9.96. The van der Waals surface area contributed by atoms with Crippen LogP contribution in [0.15, 0.2) is 49.2 Å². The largest absolute Gasteiger partial charge is 0.385 e. The molecule has 0 saturated heterocycles. The van der Waals surface area contributed by atoms with E-state index in [2.05, 4.69) is 87.6 Å². The van der Waals surface area contributed by atoms with Crippen LogP contribution in [0.4, 0.5) is 0 Å². The van der Waals surface area contributed by atoms with Crippen molar-refractivity contribution in [1.29, 1.82) is 0 Å². The summed E-state index contributed by atoms with van der Waals surface area (Å²) in [5.74, 6) is 0.927. The van der Waals surface area contributed by atoms with Gasteiger partial charge in [-0.25, -0.2) is 0 Å². The van der Waals surface area contributed by atoms with Crippen molar-refractivity contribution in [3.05, 3.63) is 65.9 Å². The molecule has 1 unspecified atom stereocenters. The first kappa shape index (κ1) is 42.8. The molecule has 0 heterocycles. The van der Waals surface area contributed by atoms with Crippen molar-refractivity contribution in [1.82, 2.24) is 10.6 Å². The molecular weight excluding hydrogens is 569 g/mol. The second-order valence-corrected chi connectivity index (χ2v) is 14.3. The van der Waals surface area contributed by atoms with Crippen LogP contribution < -0.4 is 10.6 Å². The minimum absolute atomic E-state index is 0.927. The van der Waals surface area contributed by atoms with Crippen molar-refractivity contribution in [2.24, 2.45) is 5.92 Å². The summed E-state index contributed by atoms with van der Waals surface area (Å²) in [6, 6.07) is 6.83. The van der Waals surface area contributed by atoms with Gasteiger partial charge in [0, 0.05) is 24.5 Å². The molecule has 2 heteroatoms. The molecule has 0 saturated carbocycles. The maximum Gasteiger partial charge on any atom is 0.0341 e. The quantitative estimate of drug-likeness (QED) is 0.0586. The number of hydrogen-bond donors (Lipinski definition) is 2. The molecule has 1 rings (SSSR count). The Labute approximate surface area is 294 Å². The predicted molar refractivity (Wildman–Crippen MR) is 214 cm³/mol. The maximum absolute atomic E-state index is 4.39. The second kappa shape index (κ2) is 31.1. The highest BCUT2D eigenvalue weighted by Gasteiger charge is 2.07. The fraction of sp³-hybridized carbons (Fsp3) is 0.711. The Morgan fingerprint density at radius 2 is 0.979 bits per heavy atom. The first-order chi connectivity index (χ1) is 23.0. The summed E-state index contributed by atoms with van der Waals surface area (Å²) >= 11 is 0. The Balaban J connectivity index is 2.17. The minimum Gasteiger partial charge on any atom is -0.385 e. The molecular formula is C45H78N2. The van der Waals surface area contributed by atoms with Crippen LogP contribution in [0.5, 0.6) is 0 Å². The molecule has 0 fully saturated rings. The molecule has 2 nitrogen and oxygen atoms in total. The summed E-state index contributed by atoms with van der Waals surface area (Å²) < 4.78 is 0. The van der Waals surface area contributed by atoms with E-state index in [0.717, 1.165) is 36.8 Å². The Morgan fingerprint density at radius 3 is 1.47 bits per heavy atom. The summed E-state index contributed by atoms with van der Waals surface area (Å²) in [6.45, 7) is 20.0. The molecule has 1 aromatic carbocycles. The summed E-state index contributed by atoms with van der Waals surface area (Å²) in [5.41, 5.74) is 9.17. The highest BCUT2D eigenvalue weighted by atomic mass is 14.9. The molecule has 0 aliphatic heterocycles. The minimum atomic E-state index is 0.927. The zero-order valence-corrected chi connectivity index (χ0v) is 32.0. The smallest absolute Gasteiger partial charge is 0.0341 e. The highest BCUT2D eigenvalue weighted by Crippen LogP contribution is 2.21. The average molecular weight is 647 g/mol. The predicted octanol–water partition coefficient (Wildman–Crippen LogP) is 14.1. The van der Waals surface area contributed by atoms with Gasteiger partial charge in [-0.2, -0.15) is 0 Å². The molecule has 1 atom stereocenters. The van der Waals surface area contributed by atoms with Gasteiger partial charge in [-0.1, -0.05) is 156 Å². The van der Waals surface area contributed by atoms with Crippen LogP contribution in [0.2, 0.25) is 0 Å². The molecule has 0 amide bonds. The number of aryl methyl sites for hydroxylation is 1. The van der Waals surface area contributed by atoms with Gasteiger partial charge in [-0.05, 0) is 97.9 Å². The lowest BCUT2D eigenvalue weighted by Crippen LogP contribution is -2.15. The summed E-state index contributed by atoms with van der Waals surface area (Å²) in [7, 11) is 0. The summed E-state index contributed by atoms with van der Waals surface area (Å²) in [4.78, 5) is 0. The van der Waals surface area contributed by atoms with Gasteiger partial charge < -0.3 is 10.6 Å². The van der Waals surface area contributed by atoms with Gasteiger partial charge in [-0.3, -0.25) is 0 Å². The van der Waals surface area contributed by atoms with Crippen LogP contribution in [-0.4, -0.2) is 13.1 Å². The van der Waals surface area contributed by atoms with Crippen LogP contribution in [0.1, 0.15) is 198 Å². The maximum atomic E-state index is 4.39. The fourth-order valence-corrected chi connectivity index (χ4v) is 6.32. The van der Waals surface area contributed by atoms with E-state index in [0.29, 0.717) is 0 Å². The van der Waals surface area contributed by atoms with Crippen LogP contribution in [0, 0.1) is 5.92 Å². The van der Waals surface area contributed by atoms with E-state index >= 15 is 0 Å². The second-order valence-electron chi connectivity index (χ2n) is 14.3. The zero-order valence-electron chi connectivity index (χ0n) is 32.0. The van der Waals surface area contributed by atoms with Crippen molar-refractivity contribution in [3.63, 3.8) is 0 Å². The van der Waals surface area contributed by atoms with E-state index in [1.54, 1.807) is 0 Å². The van der Waals surface area contributed by atoms with E-state index in [1.165, 1.54) is 171 Å². The standard InChI is InChI=1S/C45H78N2/c1-7-10-12-13-14-15-16-17-18-19-21-24-27-31-35-46-41(5)44-37-43(9-3)38-45(39-44)42(6)47-36-32-28-25-22-20-23-26-30-34-40(4)33-29-11-8-2/h14,16,37-40,46-47H,5-13,17-36H2,1-4H3. The Hall–Kier alpha value is -2.18. The van der Waals surface area contributed by atoms with Gasteiger partial charge in [0.1, 0.15) is 0 Å². The van der Waals surface area contributed by atoms with Gasteiger partial charge in [-0.15, -0.1) is 5.73 Å². The zero-order chi connectivity index (χ0) is 34.2. The van der Waals surface area contributed by atoms with Crippen LogP contribution in [0.25, 0.3) is 11.4 Å². The molecule has 0 bridgehead atoms. The van der Waals surface area contributed by atoms with Gasteiger partial charge >= 0.3 is 0 Å². The molecule has 0 radical (unpaired) electrons. The van der Waals surface area contributed by atoms with Crippen molar-refractivity contribution in [2.75, 3.05) is 13.1 Å². The number of unbranched alkanes of at least 4 members (excludes halogenated alkanes) is 18. The molecule has 268 valence electrons. The number of rotatable bonds is 33. The molecule has 0 aliphatic rings. The van der Waals surface area contributed by atoms with Crippen LogP contribution in [0.3, 0.4) is 0 Å². The van der Waals surface area contributed by atoms with E-state index in [-0.39, 0.29) is 0 Å². The van der Waals surface area contributed by atoms with Gasteiger partial charge in [0.15, 0.2) is 0 Å². The molecule has 2 N–H and O–H groups in total. The van der Waals surface area contributed by atoms with Gasteiger partial charge in [0.05, 0.1) is 0 Å². The van der Waals surface area contributed by atoms with E-state index < -0.39 is 0 Å². The fourth-order valence-electron chi connectivity index (χ4n) is 6.32. The van der Waals surface area contributed by atoms with Crippen LogP contribution in [-0.2, 0) is 6.42 Å². The number of hydrogen-bond acceptors (Lipinski definition) is 2. The highest BCUT2D eigenvalue weighted by molar-refractivity contribution is 5.70. The lowest BCUT2D eigenvalue weighted by molar-refractivity contribution is 0.435. The average Bonchev–Trinajstić information content (AvgIpc) is 3.08. The first-order valence-electron chi connectivity index (χ1n) is 20.4. The van der Waals surface area contributed by atoms with E-state index in [4.69, 9.17) is 0 Å². The number of allylic oxidation sites excluding steroid dienone is 1. The first-order valence-corrected chi connectivity index (χ1v) is 20.4. The van der Waals surface area contributed by atoms with E-state index in [9.17, 15) is 0 Å². The third-order valence-electron chi connectivity index (χ3n) is 9.66. The van der Waals surface area contributed by atoms with Crippen molar-refractivity contribution in [2.45, 2.75) is 188 Å². The number of benzene rings is 1. The third kappa shape index (κ3) is 24.6. The van der Waals surface area contributed by atoms with Crippen LogP contribution >= 0.6 is 0 Å². The van der Waals surface area contributed by atoms with Gasteiger partial charge in [0.25, 0.3) is 0 Å². The van der Waals surface area contributed by atoms with Crippen molar-refractivity contribution >= 4 is 11.4 Å². The summed E-state index contributed by atoms with van der Waals surface area (Å²) in [6.07, 6.45) is 37.5. The van der Waals surface area contributed by atoms with Crippen molar-refractivity contribution in [3.8, 4) is 0 Å². The van der Waals surface area contributed by atoms with E-state index in [1.807, 2.05) is 0 Å². The lowest BCUT2D eigenvalue weighted by Gasteiger charge is -2.15. The SMILES string of the molecule is C=C(NCCCCCCCCC=C=CCCCCC)c1cc(CC)cc(C(=C)NCCCCCCCCCCC(C)CCCCC)c1. The molecule has 0 spiro atoms. The molecule has 1 aromatic rings. The molecule has 0 aliphatic carbocycles. The topological polar surface area (TPSA) is 24.1 Å². The molecule has 47 heavy (non-hydrogen) atoms. The Kier molecular flexibility index (Phi) is 28.4. The van der Waals surface area contributed by atoms with Gasteiger partial charge in [0.2, 0.25) is 0 Å². The van der Waals surface area contributed by atoms with Crippen molar-refractivity contribution < 1.29 is 0 Å². The monoisotopic (exact) mass is 647 g/mol. The molecule has 0 aromatic heterocycles. The Bertz CT molecular complexity index is 966. The summed E-state index contributed by atoms with van der Waals surface area (Å²) in [5, 5.41) is 7.21. The normalized spacial score (nSPS) is 11.6. The number of nitrogens with one attached hydrogen (secondary N) is 2.